The highest BCUT2D eigenvalue weighted by atomic mass is 16.6. The zero-order valence-electron chi connectivity index (χ0n) is 55.1. The normalized spacial score (nSPS) is 12.1. The summed E-state index contributed by atoms with van der Waals surface area (Å²) in [5, 5.41) is 0. The van der Waals surface area contributed by atoms with Gasteiger partial charge < -0.3 is 14.2 Å². The zero-order chi connectivity index (χ0) is 58.5. The second kappa shape index (κ2) is 70.4. The van der Waals surface area contributed by atoms with Crippen LogP contribution in [0.5, 0.6) is 0 Å². The van der Waals surface area contributed by atoms with E-state index in [1.54, 1.807) is 0 Å². The first-order chi connectivity index (χ1) is 40.0. The molecule has 0 spiro atoms. The number of allylic oxidation sites excluding steroid dienone is 4. The maximum Gasteiger partial charge on any atom is 0.306 e. The standard InChI is InChI=1S/C75H142O6/c1-4-7-10-13-16-19-22-25-28-31-32-33-34-35-36-37-38-39-40-41-42-43-44-45-48-50-53-56-59-62-65-68-74(77)80-71-72(81-75(78)69-66-63-60-57-54-51-47-30-27-24-21-18-15-12-9-6-3)70-79-73(76)67-64-61-58-55-52-49-46-29-26-23-20-17-14-11-8-5-2/h29-30,46-47,72H,4-28,31-45,48-71H2,1-3H3/b46-29-,47-30-. The number of ether oxygens (including phenoxy) is 3. The van der Waals surface area contributed by atoms with E-state index in [0.717, 1.165) is 70.6 Å². The molecule has 1 atom stereocenters. The van der Waals surface area contributed by atoms with Gasteiger partial charge in [0.2, 0.25) is 0 Å². The number of carbonyl (C=O) groups is 3. The quantitative estimate of drug-likeness (QED) is 0.0261. The van der Waals surface area contributed by atoms with Gasteiger partial charge in [-0.15, -0.1) is 0 Å². The lowest BCUT2D eigenvalue weighted by Crippen LogP contribution is -2.30. The fourth-order valence-electron chi connectivity index (χ4n) is 11.4. The first-order valence-corrected chi connectivity index (χ1v) is 36.8. The molecule has 0 aromatic carbocycles. The molecule has 0 aliphatic carbocycles. The van der Waals surface area contributed by atoms with E-state index in [9.17, 15) is 14.4 Å². The van der Waals surface area contributed by atoms with Gasteiger partial charge in [-0.05, 0) is 70.6 Å². The van der Waals surface area contributed by atoms with Gasteiger partial charge in [0.15, 0.2) is 6.10 Å². The first-order valence-electron chi connectivity index (χ1n) is 36.8. The van der Waals surface area contributed by atoms with Crippen LogP contribution in [0.1, 0.15) is 419 Å². The van der Waals surface area contributed by atoms with Crippen molar-refractivity contribution in [1.29, 1.82) is 0 Å². The summed E-state index contributed by atoms with van der Waals surface area (Å²) < 4.78 is 17.0. The van der Waals surface area contributed by atoms with Gasteiger partial charge in [-0.2, -0.15) is 0 Å². The Morgan fingerprint density at radius 2 is 0.407 bits per heavy atom. The Morgan fingerprint density at radius 3 is 0.617 bits per heavy atom. The van der Waals surface area contributed by atoms with Crippen LogP contribution in [0.2, 0.25) is 0 Å². The van der Waals surface area contributed by atoms with Gasteiger partial charge >= 0.3 is 17.9 Å². The van der Waals surface area contributed by atoms with E-state index in [1.165, 1.54) is 308 Å². The molecular weight excluding hydrogens is 997 g/mol. The van der Waals surface area contributed by atoms with E-state index < -0.39 is 6.10 Å². The molecule has 0 amide bonds. The maximum absolute atomic E-state index is 12.9. The second-order valence-electron chi connectivity index (χ2n) is 25.2. The number of carbonyl (C=O) groups excluding carboxylic acids is 3. The van der Waals surface area contributed by atoms with Crippen molar-refractivity contribution in [2.45, 2.75) is 425 Å². The van der Waals surface area contributed by atoms with E-state index in [-0.39, 0.29) is 31.1 Å². The lowest BCUT2D eigenvalue weighted by Gasteiger charge is -2.18. The van der Waals surface area contributed by atoms with E-state index in [4.69, 9.17) is 14.2 Å². The van der Waals surface area contributed by atoms with Gasteiger partial charge in [0, 0.05) is 19.3 Å². The van der Waals surface area contributed by atoms with Crippen molar-refractivity contribution in [3.63, 3.8) is 0 Å². The predicted octanol–water partition coefficient (Wildman–Crippen LogP) is 25.3. The van der Waals surface area contributed by atoms with Crippen molar-refractivity contribution < 1.29 is 28.6 Å². The molecule has 1 unspecified atom stereocenters. The summed E-state index contributed by atoms with van der Waals surface area (Å²) in [6.07, 6.45) is 86.6. The van der Waals surface area contributed by atoms with Crippen molar-refractivity contribution in [1.82, 2.24) is 0 Å². The van der Waals surface area contributed by atoms with Crippen molar-refractivity contribution in [3.8, 4) is 0 Å². The Labute approximate surface area is 506 Å². The van der Waals surface area contributed by atoms with Crippen LogP contribution in [0.15, 0.2) is 24.3 Å². The van der Waals surface area contributed by atoms with Crippen LogP contribution in [-0.2, 0) is 28.6 Å². The SMILES string of the molecule is CCCCCCCCC/C=C\CCCCCCCC(=O)OCC(COC(=O)CCCCCCCCCCCCCCCCCCCCCCCCCCCCCCCCC)OC(=O)CCCCCCC/C=C\CCCCCCCCC. The minimum absolute atomic E-state index is 0.0720. The third kappa shape index (κ3) is 68.6. The van der Waals surface area contributed by atoms with Gasteiger partial charge in [0.1, 0.15) is 13.2 Å². The van der Waals surface area contributed by atoms with Crippen LogP contribution in [0.3, 0.4) is 0 Å². The third-order valence-electron chi connectivity index (χ3n) is 16.9. The van der Waals surface area contributed by atoms with Gasteiger partial charge in [-0.3, -0.25) is 14.4 Å². The van der Waals surface area contributed by atoms with E-state index >= 15 is 0 Å². The van der Waals surface area contributed by atoms with Crippen molar-refractivity contribution in [2.75, 3.05) is 13.2 Å². The molecule has 0 saturated heterocycles. The summed E-state index contributed by atoms with van der Waals surface area (Å²) in [5.41, 5.74) is 0. The van der Waals surface area contributed by atoms with E-state index in [0.29, 0.717) is 19.3 Å². The van der Waals surface area contributed by atoms with Gasteiger partial charge in [0.05, 0.1) is 0 Å². The Morgan fingerprint density at radius 1 is 0.235 bits per heavy atom. The number of esters is 3. The summed E-state index contributed by atoms with van der Waals surface area (Å²) in [6, 6.07) is 0. The molecule has 0 aromatic heterocycles. The van der Waals surface area contributed by atoms with Crippen LogP contribution in [0.25, 0.3) is 0 Å². The van der Waals surface area contributed by atoms with Crippen LogP contribution >= 0.6 is 0 Å². The molecule has 81 heavy (non-hydrogen) atoms. The lowest BCUT2D eigenvalue weighted by atomic mass is 10.0. The van der Waals surface area contributed by atoms with E-state index in [2.05, 4.69) is 45.1 Å². The number of unbranched alkanes of at least 4 members (excludes halogenated alkanes) is 54. The highest BCUT2D eigenvalue weighted by molar-refractivity contribution is 5.71. The average molecular weight is 1140 g/mol. The molecule has 0 saturated carbocycles. The molecule has 0 aromatic rings. The van der Waals surface area contributed by atoms with Crippen LogP contribution < -0.4 is 0 Å². The van der Waals surface area contributed by atoms with Crippen molar-refractivity contribution in [2.24, 2.45) is 0 Å². The second-order valence-corrected chi connectivity index (χ2v) is 25.2. The number of hydrogen-bond acceptors (Lipinski definition) is 6. The topological polar surface area (TPSA) is 78.9 Å². The summed E-state index contributed by atoms with van der Waals surface area (Å²) in [5.74, 6) is -0.858. The molecule has 6 nitrogen and oxygen atoms in total. The predicted molar refractivity (Wildman–Crippen MR) is 353 cm³/mol. The fraction of sp³-hybridized carbons (Fsp3) is 0.907. The number of hydrogen-bond donors (Lipinski definition) is 0. The van der Waals surface area contributed by atoms with Gasteiger partial charge in [0.25, 0.3) is 0 Å². The zero-order valence-corrected chi connectivity index (χ0v) is 55.1. The fourth-order valence-corrected chi connectivity index (χ4v) is 11.4. The molecule has 0 N–H and O–H groups in total. The van der Waals surface area contributed by atoms with Gasteiger partial charge in [-0.1, -0.05) is 353 Å². The lowest BCUT2D eigenvalue weighted by molar-refractivity contribution is -0.167. The highest BCUT2D eigenvalue weighted by Crippen LogP contribution is 2.19. The van der Waals surface area contributed by atoms with Crippen LogP contribution in [0.4, 0.5) is 0 Å². The largest absolute Gasteiger partial charge is 0.462 e. The minimum atomic E-state index is -0.777. The molecule has 478 valence electrons. The minimum Gasteiger partial charge on any atom is -0.462 e. The number of rotatable bonds is 69. The Kier molecular flexibility index (Phi) is 68.5. The molecular formula is C75H142O6. The molecule has 6 heteroatoms. The monoisotopic (exact) mass is 1140 g/mol. The Hall–Kier alpha value is -2.11. The Bertz CT molecular complexity index is 1310. The molecule has 0 bridgehead atoms. The smallest absolute Gasteiger partial charge is 0.306 e. The average Bonchev–Trinajstić information content (AvgIpc) is 3.47. The molecule has 0 aliphatic rings. The first kappa shape index (κ1) is 78.9. The van der Waals surface area contributed by atoms with Crippen molar-refractivity contribution in [3.05, 3.63) is 24.3 Å². The molecule has 0 aliphatic heterocycles. The summed E-state index contributed by atoms with van der Waals surface area (Å²) in [6.45, 7) is 6.70. The van der Waals surface area contributed by atoms with E-state index in [1.807, 2.05) is 0 Å². The maximum atomic E-state index is 12.9. The Balaban J connectivity index is 4.15. The molecule has 0 radical (unpaired) electrons. The summed E-state index contributed by atoms with van der Waals surface area (Å²) in [7, 11) is 0. The summed E-state index contributed by atoms with van der Waals surface area (Å²) in [4.78, 5) is 38.4. The highest BCUT2D eigenvalue weighted by Gasteiger charge is 2.19. The molecule has 0 fully saturated rings. The molecule has 0 rings (SSSR count). The third-order valence-corrected chi connectivity index (χ3v) is 16.9. The molecule has 0 heterocycles. The van der Waals surface area contributed by atoms with Crippen molar-refractivity contribution >= 4 is 17.9 Å². The van der Waals surface area contributed by atoms with Crippen LogP contribution in [-0.4, -0.2) is 37.2 Å². The summed E-state index contributed by atoms with van der Waals surface area (Å²) >= 11 is 0. The van der Waals surface area contributed by atoms with Gasteiger partial charge in [-0.25, -0.2) is 0 Å². The van der Waals surface area contributed by atoms with Crippen LogP contribution in [0, 0.1) is 0 Å².